The number of phenols is 2. The molecule has 0 unspecified atom stereocenters. The van der Waals surface area contributed by atoms with Crippen LogP contribution in [0.5, 0.6) is 11.5 Å². The van der Waals surface area contributed by atoms with E-state index < -0.39 is 18.4 Å². The summed E-state index contributed by atoms with van der Waals surface area (Å²) in [5.41, 5.74) is 1.63. The average molecular weight is 278 g/mol. The first-order chi connectivity index (χ1) is 9.31. The predicted molar refractivity (Wildman–Crippen MR) is 73.9 cm³/mol. The van der Waals surface area contributed by atoms with Crippen LogP contribution in [0.3, 0.4) is 0 Å². The fraction of sp³-hybridized carbons (Fsp3) is 0.333. The molecule has 1 aromatic carbocycles. The van der Waals surface area contributed by atoms with E-state index in [1.165, 1.54) is 13.0 Å². The number of hydrogen-bond donors (Lipinski definition) is 2. The normalized spacial score (nSPS) is 9.95. The Kier molecular flexibility index (Phi) is 5.32. The standard InChI is InChI=1S/C15H18O5/c1-9(2)4-5-11-6-12(14(18)7-13(11)17)15(19)8-20-10(3)16/h4,6-7,17-18H,5,8H2,1-3H3. The molecule has 0 radical (unpaired) electrons. The number of aromatic hydroxyl groups is 2. The molecule has 0 aliphatic rings. The van der Waals surface area contributed by atoms with Crippen molar-refractivity contribution in [3.8, 4) is 11.5 Å². The molecule has 0 saturated heterocycles. The van der Waals surface area contributed by atoms with Gasteiger partial charge < -0.3 is 14.9 Å². The highest BCUT2D eigenvalue weighted by Crippen LogP contribution is 2.28. The highest BCUT2D eigenvalue weighted by Gasteiger charge is 2.15. The van der Waals surface area contributed by atoms with E-state index in [1.807, 2.05) is 19.9 Å². The van der Waals surface area contributed by atoms with E-state index in [0.29, 0.717) is 12.0 Å². The molecule has 5 heteroatoms. The van der Waals surface area contributed by atoms with E-state index in [0.717, 1.165) is 11.6 Å². The highest BCUT2D eigenvalue weighted by molar-refractivity contribution is 6.00. The lowest BCUT2D eigenvalue weighted by Gasteiger charge is -2.09. The summed E-state index contributed by atoms with van der Waals surface area (Å²) >= 11 is 0. The van der Waals surface area contributed by atoms with Crippen LogP contribution in [0.2, 0.25) is 0 Å². The number of benzene rings is 1. The van der Waals surface area contributed by atoms with Gasteiger partial charge >= 0.3 is 5.97 Å². The first-order valence-electron chi connectivity index (χ1n) is 6.16. The minimum Gasteiger partial charge on any atom is -0.508 e. The van der Waals surface area contributed by atoms with E-state index in [4.69, 9.17) is 0 Å². The minimum atomic E-state index is -0.568. The molecule has 20 heavy (non-hydrogen) atoms. The smallest absolute Gasteiger partial charge is 0.303 e. The molecule has 0 saturated carbocycles. The molecular weight excluding hydrogens is 260 g/mol. The van der Waals surface area contributed by atoms with E-state index in [-0.39, 0.29) is 17.1 Å². The third-order valence-corrected chi connectivity index (χ3v) is 2.63. The Bertz CT molecular complexity index is 554. The maximum absolute atomic E-state index is 11.8. The summed E-state index contributed by atoms with van der Waals surface area (Å²) in [6, 6.07) is 2.53. The van der Waals surface area contributed by atoms with Crippen molar-refractivity contribution in [2.45, 2.75) is 27.2 Å². The van der Waals surface area contributed by atoms with Crippen LogP contribution in [0.4, 0.5) is 0 Å². The summed E-state index contributed by atoms with van der Waals surface area (Å²) < 4.78 is 4.61. The van der Waals surface area contributed by atoms with Gasteiger partial charge in [-0.3, -0.25) is 9.59 Å². The zero-order valence-electron chi connectivity index (χ0n) is 11.8. The van der Waals surface area contributed by atoms with E-state index in [2.05, 4.69) is 4.74 Å². The lowest BCUT2D eigenvalue weighted by Crippen LogP contribution is -2.12. The van der Waals surface area contributed by atoms with Crippen molar-refractivity contribution in [1.29, 1.82) is 0 Å². The predicted octanol–water partition coefficient (Wildman–Crippen LogP) is 2.35. The van der Waals surface area contributed by atoms with Crippen molar-refractivity contribution in [1.82, 2.24) is 0 Å². The highest BCUT2D eigenvalue weighted by atomic mass is 16.5. The van der Waals surface area contributed by atoms with Gasteiger partial charge in [0.05, 0.1) is 5.56 Å². The van der Waals surface area contributed by atoms with Gasteiger partial charge in [0.1, 0.15) is 11.5 Å². The van der Waals surface area contributed by atoms with Crippen molar-refractivity contribution in [2.75, 3.05) is 6.61 Å². The van der Waals surface area contributed by atoms with Gasteiger partial charge in [-0.2, -0.15) is 0 Å². The van der Waals surface area contributed by atoms with Gasteiger partial charge in [-0.25, -0.2) is 0 Å². The first-order valence-corrected chi connectivity index (χ1v) is 6.16. The quantitative estimate of drug-likeness (QED) is 0.490. The maximum Gasteiger partial charge on any atom is 0.303 e. The molecule has 0 fully saturated rings. The summed E-state index contributed by atoms with van der Waals surface area (Å²) in [4.78, 5) is 22.5. The van der Waals surface area contributed by atoms with Gasteiger partial charge in [-0.15, -0.1) is 0 Å². The molecule has 1 rings (SSSR count). The number of esters is 1. The lowest BCUT2D eigenvalue weighted by atomic mass is 10.0. The second-order valence-electron chi connectivity index (χ2n) is 4.69. The van der Waals surface area contributed by atoms with Gasteiger partial charge in [0.2, 0.25) is 5.78 Å². The Labute approximate surface area is 117 Å². The summed E-state index contributed by atoms with van der Waals surface area (Å²) in [6.45, 7) is 4.61. The number of carbonyl (C=O) groups excluding carboxylic acids is 2. The Balaban J connectivity index is 3.01. The molecule has 0 heterocycles. The second kappa shape index (κ2) is 6.75. The molecule has 1 aromatic rings. The molecule has 5 nitrogen and oxygen atoms in total. The molecule has 108 valence electrons. The number of carbonyl (C=O) groups is 2. The molecule has 0 aromatic heterocycles. The van der Waals surface area contributed by atoms with E-state index >= 15 is 0 Å². The molecule has 2 N–H and O–H groups in total. The third kappa shape index (κ3) is 4.42. The molecule has 0 aliphatic heterocycles. The topological polar surface area (TPSA) is 83.8 Å². The summed E-state index contributed by atoms with van der Waals surface area (Å²) in [5.74, 6) is -1.50. The van der Waals surface area contributed by atoms with Crippen LogP contribution in [-0.4, -0.2) is 28.6 Å². The van der Waals surface area contributed by atoms with Gasteiger partial charge in [-0.05, 0) is 31.9 Å². The average Bonchev–Trinajstić information content (AvgIpc) is 2.34. The largest absolute Gasteiger partial charge is 0.508 e. The number of rotatable bonds is 5. The van der Waals surface area contributed by atoms with Crippen LogP contribution in [0.25, 0.3) is 0 Å². The van der Waals surface area contributed by atoms with Crippen LogP contribution in [0.1, 0.15) is 36.7 Å². The Morgan fingerprint density at radius 2 is 1.80 bits per heavy atom. The number of allylic oxidation sites excluding steroid dienone is 2. The monoisotopic (exact) mass is 278 g/mol. The number of phenolic OH excluding ortho intramolecular Hbond substituents is 2. The van der Waals surface area contributed by atoms with Crippen LogP contribution in [0, 0.1) is 0 Å². The number of ketones is 1. The molecular formula is C15H18O5. The van der Waals surface area contributed by atoms with Gasteiger partial charge in [0, 0.05) is 13.0 Å². The first kappa shape index (κ1) is 15.8. The molecule has 0 atom stereocenters. The van der Waals surface area contributed by atoms with Crippen molar-refractivity contribution < 1.29 is 24.5 Å². The second-order valence-corrected chi connectivity index (χ2v) is 4.69. The summed E-state index contributed by atoms with van der Waals surface area (Å²) in [5, 5.41) is 19.4. The van der Waals surface area contributed by atoms with Crippen LogP contribution in [-0.2, 0) is 16.0 Å². The fourth-order valence-corrected chi connectivity index (χ4v) is 1.57. The summed E-state index contributed by atoms with van der Waals surface area (Å²) in [6.07, 6.45) is 2.34. The van der Waals surface area contributed by atoms with Crippen LogP contribution in [0.15, 0.2) is 23.8 Å². The molecule has 0 aliphatic carbocycles. The third-order valence-electron chi connectivity index (χ3n) is 2.63. The Morgan fingerprint density at radius 3 is 2.35 bits per heavy atom. The minimum absolute atomic E-state index is 0.0289. The molecule has 0 bridgehead atoms. The SMILES string of the molecule is CC(=O)OCC(=O)c1cc(CC=C(C)C)c(O)cc1O. The van der Waals surface area contributed by atoms with Crippen molar-refractivity contribution in [3.05, 3.63) is 34.9 Å². The summed E-state index contributed by atoms with van der Waals surface area (Å²) in [7, 11) is 0. The van der Waals surface area contributed by atoms with Crippen molar-refractivity contribution in [2.24, 2.45) is 0 Å². The van der Waals surface area contributed by atoms with Crippen molar-refractivity contribution in [3.63, 3.8) is 0 Å². The zero-order valence-corrected chi connectivity index (χ0v) is 11.8. The van der Waals surface area contributed by atoms with Crippen LogP contribution < -0.4 is 0 Å². The zero-order chi connectivity index (χ0) is 15.3. The lowest BCUT2D eigenvalue weighted by molar-refractivity contribution is -0.139. The maximum atomic E-state index is 11.8. The Morgan fingerprint density at radius 1 is 1.15 bits per heavy atom. The number of Topliss-reactive ketones (excluding diaryl/α,β-unsaturated/α-hetero) is 1. The van der Waals surface area contributed by atoms with Gasteiger partial charge in [0.25, 0.3) is 0 Å². The van der Waals surface area contributed by atoms with Crippen LogP contribution >= 0.6 is 0 Å². The fourth-order valence-electron chi connectivity index (χ4n) is 1.57. The molecule has 0 amide bonds. The van der Waals surface area contributed by atoms with Crippen molar-refractivity contribution >= 4 is 11.8 Å². The number of hydrogen-bond acceptors (Lipinski definition) is 5. The van der Waals surface area contributed by atoms with Gasteiger partial charge in [-0.1, -0.05) is 11.6 Å². The van der Waals surface area contributed by atoms with E-state index in [1.54, 1.807) is 0 Å². The number of ether oxygens (including phenoxy) is 1. The Hall–Kier alpha value is -2.30. The van der Waals surface area contributed by atoms with Gasteiger partial charge in [0.15, 0.2) is 6.61 Å². The van der Waals surface area contributed by atoms with E-state index in [9.17, 15) is 19.8 Å². The molecule has 0 spiro atoms.